The highest BCUT2D eigenvalue weighted by atomic mass is 35.5. The first kappa shape index (κ1) is 13.1. The molecule has 0 spiro atoms. The van der Waals surface area contributed by atoms with Crippen LogP contribution < -0.4 is 5.31 Å². The van der Waals surface area contributed by atoms with Crippen LogP contribution in [0.4, 0.5) is 5.82 Å². The van der Waals surface area contributed by atoms with Crippen molar-refractivity contribution >= 4 is 39.0 Å². The number of fused-ring (bicyclic) bond motifs is 1. The molecule has 138 valence electrons. The molecule has 0 amide bonds. The predicted octanol–water partition coefficient (Wildman–Crippen LogP) is 4.60. The number of nitrogens with one attached hydrogen (secondary N) is 1. The van der Waals surface area contributed by atoms with Crippen LogP contribution in [0, 0.1) is 18.3 Å². The quantitative estimate of drug-likeness (QED) is 0.690. The number of benzene rings is 1. The van der Waals surface area contributed by atoms with Gasteiger partial charge in [0.15, 0.2) is 1.41 Å². The third kappa shape index (κ3) is 4.06. The van der Waals surface area contributed by atoms with E-state index in [1.807, 2.05) is 24.0 Å². The summed E-state index contributed by atoms with van der Waals surface area (Å²) in [7, 11) is 0. The summed E-state index contributed by atoms with van der Waals surface area (Å²) in [5, 5.41) is 10.5. The fourth-order valence-electron chi connectivity index (χ4n) is 3.02. The third-order valence-electron chi connectivity index (χ3n) is 4.51. The minimum absolute atomic E-state index is 0.00107. The molecule has 4 rings (SSSR count). The summed E-state index contributed by atoms with van der Waals surface area (Å²) in [5.74, 6) is 0.0382. The van der Waals surface area contributed by atoms with Crippen molar-refractivity contribution in [2.24, 2.45) is 0 Å². The van der Waals surface area contributed by atoms with Crippen molar-refractivity contribution in [3.63, 3.8) is 0 Å². The number of anilines is 1. The van der Waals surface area contributed by atoms with E-state index in [9.17, 15) is 5.26 Å². The Morgan fingerprint density at radius 1 is 1.52 bits per heavy atom. The van der Waals surface area contributed by atoms with Gasteiger partial charge in [-0.05, 0) is 43.0 Å². The Hall–Kier alpha value is -2.20. The van der Waals surface area contributed by atoms with E-state index in [2.05, 4.69) is 16.0 Å². The lowest BCUT2D eigenvalue weighted by molar-refractivity contribution is 0.211. The molecule has 1 unspecified atom stereocenters. The number of nitrogens with zero attached hydrogens (tertiary/aromatic N) is 4. The van der Waals surface area contributed by atoms with Crippen LogP contribution in [0.2, 0.25) is 5.75 Å². The summed E-state index contributed by atoms with van der Waals surface area (Å²) in [6.45, 7) is 1.99. The van der Waals surface area contributed by atoms with Crippen LogP contribution in [-0.4, -0.2) is 34.0 Å². The van der Waals surface area contributed by atoms with Crippen LogP contribution in [0.1, 0.15) is 35.0 Å². The second-order valence-electron chi connectivity index (χ2n) is 6.36. The number of hydrogen-bond acceptors (Lipinski definition) is 6. The number of piperidine rings is 1. The summed E-state index contributed by atoms with van der Waals surface area (Å²) >= 11 is 7.13. The second-order valence-corrected chi connectivity index (χ2v) is 7.96. The zero-order valence-electron chi connectivity index (χ0n) is 19.7. The van der Waals surface area contributed by atoms with Gasteiger partial charge in [-0.3, -0.25) is 4.90 Å². The van der Waals surface area contributed by atoms with Crippen molar-refractivity contribution in [3.05, 3.63) is 51.6 Å². The molecule has 0 aliphatic carbocycles. The molecule has 2 aromatic heterocycles. The largest absolute Gasteiger partial charge is 0.367 e. The molecule has 3 aromatic rings. The van der Waals surface area contributed by atoms with Crippen molar-refractivity contribution in [2.75, 3.05) is 18.4 Å². The van der Waals surface area contributed by atoms with E-state index in [0.29, 0.717) is 23.5 Å². The average Bonchev–Trinajstić information content (AvgIpc) is 3.06. The van der Waals surface area contributed by atoms with Gasteiger partial charge in [-0.25, -0.2) is 9.97 Å². The normalized spacial score (nSPS) is 20.7. The Kier molecular flexibility index (Phi) is 3.78. The molecule has 5 nitrogen and oxygen atoms in total. The number of aryl methyl sites for hydroxylation is 1. The lowest BCUT2D eigenvalue weighted by Crippen LogP contribution is -2.38. The van der Waals surface area contributed by atoms with E-state index in [1.165, 1.54) is 0 Å². The number of hydrogen-bond donors (Lipinski definition) is 1. The molecule has 7 heteroatoms. The highest BCUT2D eigenvalue weighted by molar-refractivity contribution is 7.22. The molecule has 0 bridgehead atoms. The van der Waals surface area contributed by atoms with Gasteiger partial charge in [0.25, 0.3) is 0 Å². The van der Waals surface area contributed by atoms with Crippen LogP contribution in [0.3, 0.4) is 0 Å². The van der Waals surface area contributed by atoms with Crippen molar-refractivity contribution in [2.45, 2.75) is 32.3 Å². The van der Waals surface area contributed by atoms with Gasteiger partial charge >= 0.3 is 0 Å². The molecule has 0 radical (unpaired) electrons. The molecule has 1 atom stereocenters. The van der Waals surface area contributed by atoms with E-state index < -0.39 is 12.5 Å². The summed E-state index contributed by atoms with van der Waals surface area (Å²) < 4.78 is 42.4. The number of aromatic nitrogens is 2. The fourth-order valence-corrected chi connectivity index (χ4v) is 3.99. The smallest absolute Gasteiger partial charge is 0.162 e. The summed E-state index contributed by atoms with van der Waals surface area (Å²) in [4.78, 5) is 10.3. The van der Waals surface area contributed by atoms with E-state index in [-0.39, 0.29) is 40.7 Å². The van der Waals surface area contributed by atoms with Crippen molar-refractivity contribution in [1.82, 2.24) is 14.9 Å². The third-order valence-corrected chi connectivity index (χ3v) is 5.60. The van der Waals surface area contributed by atoms with Crippen molar-refractivity contribution in [3.8, 4) is 6.07 Å². The molecule has 3 heterocycles. The monoisotopic (exact) mass is 402 g/mol. The molecular formula is C20H20ClN5S. The predicted molar refractivity (Wildman–Crippen MR) is 110 cm³/mol. The first-order valence-corrected chi connectivity index (χ1v) is 9.73. The van der Waals surface area contributed by atoms with Gasteiger partial charge in [-0.15, -0.1) is 11.3 Å². The second kappa shape index (κ2) is 7.81. The first-order valence-electron chi connectivity index (χ1n) is 11.1. The summed E-state index contributed by atoms with van der Waals surface area (Å²) in [5.41, 5.74) is 2.13. The van der Waals surface area contributed by atoms with Crippen LogP contribution in [0.25, 0.3) is 10.2 Å². The topological polar surface area (TPSA) is 64.8 Å². The zero-order valence-corrected chi connectivity index (χ0v) is 16.2. The number of halogens is 1. The maximum absolute atomic E-state index is 9.27. The first-order chi connectivity index (χ1) is 15.1. The number of likely N-dealkylation sites (tertiary alicyclic amines) is 1. The maximum Gasteiger partial charge on any atom is 0.162 e. The van der Waals surface area contributed by atoms with Gasteiger partial charge in [0.2, 0.25) is 0 Å². The van der Waals surface area contributed by atoms with Crippen LogP contribution in [-0.2, 0) is 6.52 Å². The van der Waals surface area contributed by atoms with Gasteiger partial charge in [0, 0.05) is 27.0 Å². The highest BCUT2D eigenvalue weighted by Crippen LogP contribution is 2.32. The van der Waals surface area contributed by atoms with Gasteiger partial charge < -0.3 is 5.31 Å². The Labute approximate surface area is 174 Å². The Bertz CT molecular complexity index is 1220. The van der Waals surface area contributed by atoms with Gasteiger partial charge in [-0.1, -0.05) is 23.7 Å². The van der Waals surface area contributed by atoms with Crippen molar-refractivity contribution < 1.29 is 6.89 Å². The SMILES string of the molecule is [2H]c1nc(N([2H])C2([2H])CCN(C([2H])c3ccc(C)c(C#N)c3)CC2)c2c([2H])c(Cl)sc2n1. The molecule has 1 aromatic carbocycles. The van der Waals surface area contributed by atoms with Crippen LogP contribution in [0.15, 0.2) is 30.5 Å². The van der Waals surface area contributed by atoms with E-state index in [0.717, 1.165) is 27.8 Å². The molecule has 1 N–H and O–H groups in total. The molecule has 1 fully saturated rings. The van der Waals surface area contributed by atoms with E-state index >= 15 is 0 Å². The average molecular weight is 403 g/mol. The molecule has 1 aliphatic rings. The molecule has 1 saturated heterocycles. The lowest BCUT2D eigenvalue weighted by atomic mass is 10.0. The number of thiophene rings is 1. The van der Waals surface area contributed by atoms with Crippen LogP contribution in [0.5, 0.6) is 0 Å². The fraction of sp³-hybridized carbons (Fsp3) is 0.350. The Morgan fingerprint density at radius 3 is 3.11 bits per heavy atom. The van der Waals surface area contributed by atoms with Crippen LogP contribution >= 0.6 is 22.9 Å². The van der Waals surface area contributed by atoms with Crippen molar-refractivity contribution in [1.29, 1.82) is 5.26 Å². The minimum atomic E-state index is -1.34. The highest BCUT2D eigenvalue weighted by Gasteiger charge is 2.20. The standard InChI is InChI=1S/C20H20ClN5S/c1-13-2-3-14(8-15(13)10-22)11-26-6-4-16(5-7-26)25-19-17-9-18(21)27-20(17)24-12-23-19/h2-3,8-9,12,16H,4-7,11H2,1H3,(H,23,24,25)/i9D,11D,12D,16D/hD. The Morgan fingerprint density at radius 2 is 2.33 bits per heavy atom. The minimum Gasteiger partial charge on any atom is -0.367 e. The molecule has 1 aliphatic heterocycles. The van der Waals surface area contributed by atoms with Gasteiger partial charge in [0.1, 0.15) is 18.3 Å². The number of rotatable bonds is 4. The van der Waals surface area contributed by atoms with E-state index in [1.54, 1.807) is 6.07 Å². The van der Waals surface area contributed by atoms with Gasteiger partial charge in [0.05, 0.1) is 24.1 Å². The molecule has 27 heavy (non-hydrogen) atoms. The molecular weight excluding hydrogens is 378 g/mol. The Balaban J connectivity index is 1.56. The zero-order chi connectivity index (χ0) is 23.2. The lowest BCUT2D eigenvalue weighted by Gasteiger charge is -2.32. The summed E-state index contributed by atoms with van der Waals surface area (Å²) in [6, 6.07) is 6.22. The summed E-state index contributed by atoms with van der Waals surface area (Å²) in [6.07, 6.45) is 0.252. The van der Waals surface area contributed by atoms with Gasteiger partial charge in [-0.2, -0.15) is 5.26 Å². The number of nitriles is 1. The van der Waals surface area contributed by atoms with E-state index in [4.69, 9.17) is 18.5 Å². The maximum atomic E-state index is 9.27. The molecule has 0 saturated carbocycles.